The van der Waals surface area contributed by atoms with Crippen LogP contribution in [0.5, 0.6) is 0 Å². The van der Waals surface area contributed by atoms with Gasteiger partial charge in [-0.3, -0.25) is 9.78 Å². The Kier molecular flexibility index (Phi) is 4.96. The van der Waals surface area contributed by atoms with Crippen LogP contribution in [0.25, 0.3) is 0 Å². The summed E-state index contributed by atoms with van der Waals surface area (Å²) in [6.45, 7) is 1.93. The second kappa shape index (κ2) is 6.24. The van der Waals surface area contributed by atoms with Crippen molar-refractivity contribution < 1.29 is 9.18 Å². The van der Waals surface area contributed by atoms with Crippen LogP contribution >= 0.6 is 12.2 Å². The molecule has 0 fully saturated rings. The predicted molar refractivity (Wildman–Crippen MR) is 68.0 cm³/mol. The Labute approximate surface area is 104 Å². The normalized spacial score (nSPS) is 11.9. The van der Waals surface area contributed by atoms with E-state index in [9.17, 15) is 9.18 Å². The fourth-order valence-electron chi connectivity index (χ4n) is 1.40. The number of anilines is 1. The molecule has 0 radical (unpaired) electrons. The Morgan fingerprint density at radius 1 is 1.65 bits per heavy atom. The number of aromatic nitrogens is 1. The summed E-state index contributed by atoms with van der Waals surface area (Å²) in [7, 11) is 0. The summed E-state index contributed by atoms with van der Waals surface area (Å²) in [6, 6.07) is 1.19. The van der Waals surface area contributed by atoms with Crippen LogP contribution in [0, 0.1) is 11.7 Å². The Bertz CT molecular complexity index is 425. The van der Waals surface area contributed by atoms with E-state index >= 15 is 0 Å². The van der Waals surface area contributed by atoms with Crippen molar-refractivity contribution in [2.75, 3.05) is 5.32 Å². The summed E-state index contributed by atoms with van der Waals surface area (Å²) >= 11 is 4.83. The van der Waals surface area contributed by atoms with E-state index in [0.717, 1.165) is 12.6 Å². The Morgan fingerprint density at radius 2 is 2.35 bits per heavy atom. The number of hydrogen-bond donors (Lipinski definition) is 2. The quantitative estimate of drug-likeness (QED) is 0.788. The fourth-order valence-corrected chi connectivity index (χ4v) is 1.63. The van der Waals surface area contributed by atoms with E-state index in [4.69, 9.17) is 18.0 Å². The highest BCUT2D eigenvalue weighted by Crippen LogP contribution is 2.12. The third kappa shape index (κ3) is 4.07. The molecule has 0 bridgehead atoms. The zero-order valence-corrected chi connectivity index (χ0v) is 10.3. The minimum absolute atomic E-state index is 0.147. The smallest absolute Gasteiger partial charge is 0.234 e. The van der Waals surface area contributed by atoms with Crippen LogP contribution in [0.3, 0.4) is 0 Å². The second-order valence-electron chi connectivity index (χ2n) is 3.62. The van der Waals surface area contributed by atoms with E-state index in [1.807, 2.05) is 6.92 Å². The number of nitrogens with two attached hydrogens (primary N) is 1. The zero-order valence-electron chi connectivity index (χ0n) is 9.44. The molecule has 1 aromatic heterocycles. The van der Waals surface area contributed by atoms with Crippen LogP contribution in [0.15, 0.2) is 18.5 Å². The molecule has 0 aliphatic heterocycles. The van der Waals surface area contributed by atoms with Crippen LogP contribution in [-0.2, 0) is 4.79 Å². The van der Waals surface area contributed by atoms with Gasteiger partial charge in [0.25, 0.3) is 0 Å². The van der Waals surface area contributed by atoms with Gasteiger partial charge in [0, 0.05) is 6.07 Å². The van der Waals surface area contributed by atoms with Gasteiger partial charge in [0.2, 0.25) is 5.91 Å². The highest BCUT2D eigenvalue weighted by Gasteiger charge is 2.20. The molecule has 0 spiro atoms. The largest absolute Gasteiger partial charge is 0.393 e. The summed E-state index contributed by atoms with van der Waals surface area (Å²) in [6.07, 6.45) is 3.79. The molecule has 6 heteroatoms. The molecule has 92 valence electrons. The molecular formula is C11H14FN3OS. The van der Waals surface area contributed by atoms with E-state index in [0.29, 0.717) is 12.1 Å². The minimum Gasteiger partial charge on any atom is -0.393 e. The third-order valence-electron chi connectivity index (χ3n) is 2.21. The first-order chi connectivity index (χ1) is 8.04. The molecule has 1 aromatic rings. The number of pyridine rings is 1. The average molecular weight is 255 g/mol. The second-order valence-corrected chi connectivity index (χ2v) is 4.10. The molecule has 0 saturated heterocycles. The van der Waals surface area contributed by atoms with Gasteiger partial charge in [0.15, 0.2) is 0 Å². The van der Waals surface area contributed by atoms with Gasteiger partial charge in [0.05, 0.1) is 29.0 Å². The Balaban J connectivity index is 2.73. The molecule has 1 rings (SSSR count). The van der Waals surface area contributed by atoms with Crippen molar-refractivity contribution in [3.63, 3.8) is 0 Å². The monoisotopic (exact) mass is 255 g/mol. The number of thiocarbonyl (C=S) groups is 1. The fraction of sp³-hybridized carbons (Fsp3) is 0.364. The van der Waals surface area contributed by atoms with Gasteiger partial charge in [-0.2, -0.15) is 0 Å². The van der Waals surface area contributed by atoms with E-state index in [2.05, 4.69) is 10.3 Å². The number of carbonyl (C=O) groups excluding carboxylic acids is 1. The standard InChI is InChI=1S/C11H14FN3OS/c1-2-3-9(10(13)17)11(16)15-8-4-7(12)5-14-6-8/h4-6,9H,2-3H2,1H3,(H2,13,17)(H,15,16). The lowest BCUT2D eigenvalue weighted by molar-refractivity contribution is -0.118. The summed E-state index contributed by atoms with van der Waals surface area (Å²) in [5.41, 5.74) is 5.79. The van der Waals surface area contributed by atoms with Crippen LogP contribution in [-0.4, -0.2) is 15.9 Å². The molecule has 1 atom stereocenters. The molecule has 1 heterocycles. The predicted octanol–water partition coefficient (Wildman–Crippen LogP) is 1.86. The van der Waals surface area contributed by atoms with Gasteiger partial charge < -0.3 is 11.1 Å². The van der Waals surface area contributed by atoms with Crippen molar-refractivity contribution in [2.45, 2.75) is 19.8 Å². The number of nitrogens with zero attached hydrogens (tertiary/aromatic N) is 1. The molecule has 0 aliphatic carbocycles. The first-order valence-electron chi connectivity index (χ1n) is 5.25. The Hall–Kier alpha value is -1.56. The lowest BCUT2D eigenvalue weighted by Gasteiger charge is -2.14. The van der Waals surface area contributed by atoms with E-state index in [1.54, 1.807) is 0 Å². The van der Waals surface area contributed by atoms with Crippen molar-refractivity contribution in [3.8, 4) is 0 Å². The van der Waals surface area contributed by atoms with E-state index in [-0.39, 0.29) is 10.9 Å². The molecule has 4 nitrogen and oxygen atoms in total. The van der Waals surface area contributed by atoms with Crippen molar-refractivity contribution in [3.05, 3.63) is 24.3 Å². The number of rotatable bonds is 5. The Morgan fingerprint density at radius 3 is 2.88 bits per heavy atom. The van der Waals surface area contributed by atoms with Crippen LogP contribution < -0.4 is 11.1 Å². The number of carbonyl (C=O) groups is 1. The van der Waals surface area contributed by atoms with E-state index in [1.165, 1.54) is 12.3 Å². The first kappa shape index (κ1) is 13.5. The molecular weight excluding hydrogens is 241 g/mol. The van der Waals surface area contributed by atoms with Gasteiger partial charge >= 0.3 is 0 Å². The number of nitrogens with one attached hydrogen (secondary N) is 1. The van der Waals surface area contributed by atoms with Gasteiger partial charge in [-0.15, -0.1) is 0 Å². The number of hydrogen-bond acceptors (Lipinski definition) is 3. The molecule has 17 heavy (non-hydrogen) atoms. The zero-order chi connectivity index (χ0) is 12.8. The average Bonchev–Trinajstić information content (AvgIpc) is 2.25. The maximum absolute atomic E-state index is 12.9. The first-order valence-corrected chi connectivity index (χ1v) is 5.66. The molecule has 0 aliphatic rings. The number of amides is 1. The third-order valence-corrected chi connectivity index (χ3v) is 2.49. The summed E-state index contributed by atoms with van der Waals surface area (Å²) in [4.78, 5) is 15.6. The summed E-state index contributed by atoms with van der Waals surface area (Å²) in [5.74, 6) is -1.37. The SMILES string of the molecule is CCCC(C(=O)Nc1cncc(F)c1)C(N)=S. The lowest BCUT2D eigenvalue weighted by Crippen LogP contribution is -2.33. The van der Waals surface area contributed by atoms with Gasteiger partial charge in [-0.1, -0.05) is 25.6 Å². The summed E-state index contributed by atoms with van der Waals surface area (Å²) in [5, 5.41) is 2.54. The molecule has 0 aromatic carbocycles. The highest BCUT2D eigenvalue weighted by molar-refractivity contribution is 7.80. The van der Waals surface area contributed by atoms with Gasteiger partial charge in [-0.05, 0) is 6.42 Å². The molecule has 1 unspecified atom stereocenters. The van der Waals surface area contributed by atoms with Gasteiger partial charge in [-0.25, -0.2) is 4.39 Å². The maximum atomic E-state index is 12.9. The van der Waals surface area contributed by atoms with Crippen LogP contribution in [0.2, 0.25) is 0 Å². The van der Waals surface area contributed by atoms with Crippen molar-refractivity contribution in [1.82, 2.24) is 4.98 Å². The molecule has 1 amide bonds. The summed E-state index contributed by atoms with van der Waals surface area (Å²) < 4.78 is 12.9. The van der Waals surface area contributed by atoms with Crippen molar-refractivity contribution in [2.24, 2.45) is 11.7 Å². The highest BCUT2D eigenvalue weighted by atomic mass is 32.1. The number of halogens is 1. The van der Waals surface area contributed by atoms with Crippen molar-refractivity contribution in [1.29, 1.82) is 0 Å². The maximum Gasteiger partial charge on any atom is 0.234 e. The van der Waals surface area contributed by atoms with Crippen LogP contribution in [0.1, 0.15) is 19.8 Å². The molecule has 0 saturated carbocycles. The molecule has 3 N–H and O–H groups in total. The van der Waals surface area contributed by atoms with Gasteiger partial charge in [0.1, 0.15) is 5.82 Å². The topological polar surface area (TPSA) is 68.0 Å². The van der Waals surface area contributed by atoms with Crippen LogP contribution in [0.4, 0.5) is 10.1 Å². The van der Waals surface area contributed by atoms with E-state index < -0.39 is 11.7 Å². The lowest BCUT2D eigenvalue weighted by atomic mass is 10.0. The minimum atomic E-state index is -0.529. The van der Waals surface area contributed by atoms with Crippen molar-refractivity contribution >= 4 is 28.8 Å².